The molecule has 0 aliphatic carbocycles. The van der Waals surface area contributed by atoms with Gasteiger partial charge in [0.2, 0.25) is 11.8 Å². The zero-order chi connectivity index (χ0) is 19.8. The van der Waals surface area contributed by atoms with E-state index in [-0.39, 0.29) is 11.8 Å². The molecule has 1 aromatic rings. The largest absolute Gasteiger partial charge is 0.378 e. The number of amides is 2. The van der Waals surface area contributed by atoms with Gasteiger partial charge in [-0.3, -0.25) is 19.4 Å². The molecule has 0 bridgehead atoms. The Bertz CT molecular complexity index is 653. The molecule has 2 aliphatic rings. The lowest BCUT2D eigenvalue weighted by Gasteiger charge is -2.35. The van der Waals surface area contributed by atoms with Gasteiger partial charge in [-0.05, 0) is 24.5 Å². The first-order chi connectivity index (χ1) is 13.6. The number of ether oxygens (including phenoxy) is 1. The van der Waals surface area contributed by atoms with Gasteiger partial charge in [-0.2, -0.15) is 0 Å². The Morgan fingerprint density at radius 1 is 0.964 bits per heavy atom. The molecule has 154 valence electrons. The van der Waals surface area contributed by atoms with Gasteiger partial charge in [0.15, 0.2) is 0 Å². The smallest absolute Gasteiger partial charge is 0.236 e. The fraction of sp³-hybridized carbons (Fsp3) is 0.619. The Balaban J connectivity index is 1.31. The van der Waals surface area contributed by atoms with Crippen molar-refractivity contribution in [3.05, 3.63) is 35.4 Å². The number of hydrogen-bond donors (Lipinski definition) is 1. The van der Waals surface area contributed by atoms with Gasteiger partial charge in [-0.25, -0.2) is 0 Å². The molecule has 0 saturated carbocycles. The van der Waals surface area contributed by atoms with Gasteiger partial charge < -0.3 is 15.0 Å². The molecular weight excluding hydrogens is 356 g/mol. The van der Waals surface area contributed by atoms with Gasteiger partial charge in [0.05, 0.1) is 26.3 Å². The molecular formula is C21H32N4O3. The molecule has 0 radical (unpaired) electrons. The molecule has 2 fully saturated rings. The summed E-state index contributed by atoms with van der Waals surface area (Å²) in [5.41, 5.74) is 2.54. The van der Waals surface area contributed by atoms with Crippen molar-refractivity contribution in [2.24, 2.45) is 0 Å². The Labute approximate surface area is 167 Å². The first kappa shape index (κ1) is 20.8. The van der Waals surface area contributed by atoms with Gasteiger partial charge in [0.25, 0.3) is 0 Å². The highest BCUT2D eigenvalue weighted by Gasteiger charge is 2.23. The Morgan fingerprint density at radius 2 is 1.61 bits per heavy atom. The lowest BCUT2D eigenvalue weighted by molar-refractivity contribution is -0.137. The maximum Gasteiger partial charge on any atom is 0.236 e. The molecule has 3 rings (SSSR count). The summed E-state index contributed by atoms with van der Waals surface area (Å²) in [4.78, 5) is 30.8. The van der Waals surface area contributed by atoms with E-state index in [0.717, 1.165) is 32.6 Å². The van der Waals surface area contributed by atoms with E-state index in [4.69, 9.17) is 4.74 Å². The lowest BCUT2D eigenvalue weighted by atomic mass is 10.1. The summed E-state index contributed by atoms with van der Waals surface area (Å²) >= 11 is 0. The number of morpholine rings is 1. The molecule has 0 spiro atoms. The average Bonchev–Trinajstić information content (AvgIpc) is 2.71. The van der Waals surface area contributed by atoms with E-state index in [1.807, 2.05) is 17.0 Å². The quantitative estimate of drug-likeness (QED) is 0.719. The SMILES string of the molecule is Cc1ccccc1CCNC(=O)CN1CCN(CC(=O)N2CCOCC2)CC1. The van der Waals surface area contributed by atoms with E-state index in [1.165, 1.54) is 11.1 Å². The van der Waals surface area contributed by atoms with E-state index in [2.05, 4.69) is 34.2 Å². The van der Waals surface area contributed by atoms with Crippen molar-refractivity contribution in [1.82, 2.24) is 20.0 Å². The Kier molecular flexibility index (Phi) is 7.82. The molecule has 7 nitrogen and oxygen atoms in total. The molecule has 1 N–H and O–H groups in total. The summed E-state index contributed by atoms with van der Waals surface area (Å²) < 4.78 is 5.30. The highest BCUT2D eigenvalue weighted by molar-refractivity contribution is 5.78. The highest BCUT2D eigenvalue weighted by Crippen LogP contribution is 2.07. The van der Waals surface area contributed by atoms with Crippen LogP contribution in [0, 0.1) is 6.92 Å². The minimum Gasteiger partial charge on any atom is -0.378 e. The highest BCUT2D eigenvalue weighted by atomic mass is 16.5. The molecule has 2 saturated heterocycles. The van der Waals surface area contributed by atoms with E-state index in [0.29, 0.717) is 45.9 Å². The van der Waals surface area contributed by atoms with Crippen molar-refractivity contribution >= 4 is 11.8 Å². The second-order valence-electron chi connectivity index (χ2n) is 7.57. The molecule has 0 unspecified atom stereocenters. The average molecular weight is 389 g/mol. The lowest BCUT2D eigenvalue weighted by Crippen LogP contribution is -2.53. The van der Waals surface area contributed by atoms with Crippen LogP contribution >= 0.6 is 0 Å². The second-order valence-corrected chi connectivity index (χ2v) is 7.57. The summed E-state index contributed by atoms with van der Waals surface area (Å²) in [5.74, 6) is 0.261. The van der Waals surface area contributed by atoms with Crippen molar-refractivity contribution in [1.29, 1.82) is 0 Å². The van der Waals surface area contributed by atoms with Gasteiger partial charge in [-0.1, -0.05) is 24.3 Å². The van der Waals surface area contributed by atoms with Gasteiger partial charge in [-0.15, -0.1) is 0 Å². The summed E-state index contributed by atoms with van der Waals surface area (Å²) in [6, 6.07) is 8.28. The third-order valence-corrected chi connectivity index (χ3v) is 5.53. The van der Waals surface area contributed by atoms with Gasteiger partial charge in [0.1, 0.15) is 0 Å². The van der Waals surface area contributed by atoms with E-state index >= 15 is 0 Å². The molecule has 1 aromatic carbocycles. The fourth-order valence-corrected chi connectivity index (χ4v) is 3.70. The third kappa shape index (κ3) is 6.29. The van der Waals surface area contributed by atoms with Crippen molar-refractivity contribution < 1.29 is 14.3 Å². The molecule has 28 heavy (non-hydrogen) atoms. The molecule has 7 heteroatoms. The maximum atomic E-state index is 12.3. The number of piperazine rings is 1. The van der Waals surface area contributed by atoms with Gasteiger partial charge in [0, 0.05) is 45.8 Å². The van der Waals surface area contributed by atoms with Crippen LogP contribution < -0.4 is 5.32 Å². The number of benzene rings is 1. The minimum atomic E-state index is 0.0754. The van der Waals surface area contributed by atoms with E-state index in [1.54, 1.807) is 0 Å². The number of rotatable bonds is 7. The zero-order valence-corrected chi connectivity index (χ0v) is 16.9. The van der Waals surface area contributed by atoms with E-state index < -0.39 is 0 Å². The molecule has 0 atom stereocenters. The fourth-order valence-electron chi connectivity index (χ4n) is 3.70. The van der Waals surface area contributed by atoms with Crippen molar-refractivity contribution in [3.63, 3.8) is 0 Å². The topological polar surface area (TPSA) is 65.1 Å². The monoisotopic (exact) mass is 388 g/mol. The normalized spacial score (nSPS) is 18.8. The van der Waals surface area contributed by atoms with Gasteiger partial charge >= 0.3 is 0 Å². The number of nitrogens with zero attached hydrogens (tertiary/aromatic N) is 3. The van der Waals surface area contributed by atoms with E-state index in [9.17, 15) is 9.59 Å². The summed E-state index contributed by atoms with van der Waals surface area (Å²) in [5, 5.41) is 3.03. The molecule has 0 aromatic heterocycles. The number of hydrogen-bond acceptors (Lipinski definition) is 5. The second kappa shape index (κ2) is 10.5. The Hall–Kier alpha value is -1.96. The van der Waals surface area contributed by atoms with Crippen LogP contribution in [0.5, 0.6) is 0 Å². The maximum absolute atomic E-state index is 12.3. The first-order valence-electron chi connectivity index (χ1n) is 10.2. The number of nitrogens with one attached hydrogen (secondary N) is 1. The predicted molar refractivity (Wildman–Crippen MR) is 108 cm³/mol. The Morgan fingerprint density at radius 3 is 2.29 bits per heavy atom. The van der Waals surface area contributed by atoms with Crippen LogP contribution in [-0.2, 0) is 20.7 Å². The first-order valence-corrected chi connectivity index (χ1v) is 10.2. The van der Waals surface area contributed by atoms with Crippen molar-refractivity contribution in [3.8, 4) is 0 Å². The summed E-state index contributed by atoms with van der Waals surface area (Å²) in [6.45, 7) is 9.62. The minimum absolute atomic E-state index is 0.0754. The van der Waals surface area contributed by atoms with Crippen LogP contribution in [0.3, 0.4) is 0 Å². The van der Waals surface area contributed by atoms with Crippen LogP contribution in [0.2, 0.25) is 0 Å². The standard InChI is InChI=1S/C21H32N4O3/c1-18-4-2-3-5-19(18)6-7-22-20(26)16-23-8-10-24(11-9-23)17-21(27)25-12-14-28-15-13-25/h2-5H,6-17H2,1H3,(H,22,26). The van der Waals surface area contributed by atoms with Crippen LogP contribution in [0.15, 0.2) is 24.3 Å². The van der Waals surface area contributed by atoms with Crippen LogP contribution in [0.1, 0.15) is 11.1 Å². The zero-order valence-electron chi connectivity index (χ0n) is 16.9. The summed E-state index contributed by atoms with van der Waals surface area (Å²) in [7, 11) is 0. The van der Waals surface area contributed by atoms with Crippen molar-refractivity contribution in [2.45, 2.75) is 13.3 Å². The van der Waals surface area contributed by atoms with Crippen LogP contribution in [0.4, 0.5) is 0 Å². The number of aryl methyl sites for hydroxylation is 1. The van der Waals surface area contributed by atoms with Crippen LogP contribution in [-0.4, -0.2) is 98.6 Å². The molecule has 2 amide bonds. The molecule has 2 heterocycles. The number of carbonyl (C=O) groups is 2. The van der Waals surface area contributed by atoms with Crippen LogP contribution in [0.25, 0.3) is 0 Å². The summed E-state index contributed by atoms with van der Waals surface area (Å²) in [6.07, 6.45) is 0.857. The number of carbonyl (C=O) groups excluding carboxylic acids is 2. The van der Waals surface area contributed by atoms with Crippen molar-refractivity contribution in [2.75, 3.05) is 72.1 Å². The third-order valence-electron chi connectivity index (χ3n) is 5.53. The predicted octanol–water partition coefficient (Wildman–Crippen LogP) is 0.130. The molecule has 2 aliphatic heterocycles.